The van der Waals surface area contributed by atoms with Gasteiger partial charge in [0.25, 0.3) is 5.91 Å². The van der Waals surface area contributed by atoms with Crippen molar-refractivity contribution in [1.29, 1.82) is 0 Å². The van der Waals surface area contributed by atoms with Crippen LogP contribution in [0.5, 0.6) is 11.5 Å². The second-order valence-corrected chi connectivity index (χ2v) is 5.54. The standard InChI is InChI=1S/C20H21NO4/c1-2-23-16-7-9-17(10-8-16)24-14-20(22)21-12-11-18-13-15-5-3-4-6-19(15)25-18/h3-10,13H,2,11-12,14H2,1H3,(H,21,22). The number of rotatable bonds is 8. The molecule has 1 heterocycles. The van der Waals surface area contributed by atoms with E-state index in [4.69, 9.17) is 13.9 Å². The highest BCUT2D eigenvalue weighted by molar-refractivity contribution is 5.78. The Hall–Kier alpha value is -2.95. The third-order valence-electron chi connectivity index (χ3n) is 3.67. The van der Waals surface area contributed by atoms with Crippen molar-refractivity contribution in [3.8, 4) is 11.5 Å². The van der Waals surface area contributed by atoms with E-state index in [1.54, 1.807) is 12.1 Å². The average Bonchev–Trinajstić information content (AvgIpc) is 3.04. The largest absolute Gasteiger partial charge is 0.494 e. The first-order valence-electron chi connectivity index (χ1n) is 8.34. The van der Waals surface area contributed by atoms with Gasteiger partial charge in [0.1, 0.15) is 22.8 Å². The molecular formula is C20H21NO4. The Bertz CT molecular complexity index is 790. The molecular weight excluding hydrogens is 318 g/mol. The summed E-state index contributed by atoms with van der Waals surface area (Å²) in [5.41, 5.74) is 0.864. The lowest BCUT2D eigenvalue weighted by Gasteiger charge is -2.08. The van der Waals surface area contributed by atoms with E-state index in [0.29, 0.717) is 25.3 Å². The van der Waals surface area contributed by atoms with Crippen LogP contribution in [-0.4, -0.2) is 25.7 Å². The van der Waals surface area contributed by atoms with Crippen LogP contribution >= 0.6 is 0 Å². The summed E-state index contributed by atoms with van der Waals surface area (Å²) in [5.74, 6) is 2.11. The lowest BCUT2D eigenvalue weighted by atomic mass is 10.2. The summed E-state index contributed by atoms with van der Waals surface area (Å²) in [6, 6.07) is 17.1. The summed E-state index contributed by atoms with van der Waals surface area (Å²) in [5, 5.41) is 3.90. The lowest BCUT2D eigenvalue weighted by Crippen LogP contribution is -2.30. The van der Waals surface area contributed by atoms with E-state index in [9.17, 15) is 4.79 Å². The van der Waals surface area contributed by atoms with Gasteiger partial charge in [0.15, 0.2) is 6.61 Å². The molecule has 0 spiro atoms. The molecule has 0 radical (unpaired) electrons. The second kappa shape index (κ2) is 8.24. The summed E-state index contributed by atoms with van der Waals surface area (Å²) in [6.45, 7) is 3.04. The zero-order valence-corrected chi connectivity index (χ0v) is 14.2. The van der Waals surface area contributed by atoms with E-state index in [0.717, 1.165) is 22.5 Å². The number of benzene rings is 2. The lowest BCUT2D eigenvalue weighted by molar-refractivity contribution is -0.123. The van der Waals surface area contributed by atoms with Gasteiger partial charge in [-0.2, -0.15) is 0 Å². The quantitative estimate of drug-likeness (QED) is 0.681. The Labute approximate surface area is 146 Å². The van der Waals surface area contributed by atoms with E-state index in [-0.39, 0.29) is 12.5 Å². The van der Waals surface area contributed by atoms with Gasteiger partial charge in [-0.15, -0.1) is 0 Å². The maximum atomic E-state index is 11.9. The normalized spacial score (nSPS) is 10.6. The average molecular weight is 339 g/mol. The molecule has 0 aliphatic heterocycles. The third kappa shape index (κ3) is 4.76. The Balaban J connectivity index is 1.40. The van der Waals surface area contributed by atoms with Gasteiger partial charge in [0.2, 0.25) is 0 Å². The number of nitrogens with one attached hydrogen (secondary N) is 1. The van der Waals surface area contributed by atoms with Crippen molar-refractivity contribution in [2.45, 2.75) is 13.3 Å². The molecule has 3 aromatic rings. The number of amides is 1. The number of carbonyl (C=O) groups is 1. The topological polar surface area (TPSA) is 60.7 Å². The molecule has 0 unspecified atom stereocenters. The molecule has 3 rings (SSSR count). The fourth-order valence-electron chi connectivity index (χ4n) is 2.48. The van der Waals surface area contributed by atoms with Crippen LogP contribution in [0.4, 0.5) is 0 Å². The molecule has 2 aromatic carbocycles. The fraction of sp³-hybridized carbons (Fsp3) is 0.250. The van der Waals surface area contributed by atoms with Crippen molar-refractivity contribution in [2.24, 2.45) is 0 Å². The number of fused-ring (bicyclic) bond motifs is 1. The molecule has 0 aliphatic rings. The SMILES string of the molecule is CCOc1ccc(OCC(=O)NCCc2cc3ccccc3o2)cc1. The molecule has 5 nitrogen and oxygen atoms in total. The van der Waals surface area contributed by atoms with Gasteiger partial charge < -0.3 is 19.2 Å². The molecule has 0 aliphatic carbocycles. The number of furan rings is 1. The van der Waals surface area contributed by atoms with Crippen molar-refractivity contribution in [3.63, 3.8) is 0 Å². The van der Waals surface area contributed by atoms with E-state index in [1.165, 1.54) is 0 Å². The zero-order valence-electron chi connectivity index (χ0n) is 14.2. The maximum Gasteiger partial charge on any atom is 0.257 e. The molecule has 0 saturated heterocycles. The van der Waals surface area contributed by atoms with Crippen LogP contribution in [0.2, 0.25) is 0 Å². The molecule has 0 fully saturated rings. The zero-order chi connectivity index (χ0) is 17.5. The van der Waals surface area contributed by atoms with Crippen molar-refractivity contribution < 1.29 is 18.7 Å². The van der Waals surface area contributed by atoms with Crippen molar-refractivity contribution >= 4 is 16.9 Å². The minimum Gasteiger partial charge on any atom is -0.494 e. The number of hydrogen-bond donors (Lipinski definition) is 1. The Morgan fingerprint density at radius 3 is 2.48 bits per heavy atom. The Morgan fingerprint density at radius 1 is 1.04 bits per heavy atom. The highest BCUT2D eigenvalue weighted by Crippen LogP contribution is 2.19. The van der Waals surface area contributed by atoms with Gasteiger partial charge in [-0.25, -0.2) is 0 Å². The van der Waals surface area contributed by atoms with E-state index in [1.807, 2.05) is 49.4 Å². The number of carbonyl (C=O) groups excluding carboxylic acids is 1. The third-order valence-corrected chi connectivity index (χ3v) is 3.67. The van der Waals surface area contributed by atoms with Crippen LogP contribution in [0, 0.1) is 0 Å². The van der Waals surface area contributed by atoms with Crippen molar-refractivity contribution in [1.82, 2.24) is 5.32 Å². The van der Waals surface area contributed by atoms with Crippen LogP contribution in [0.1, 0.15) is 12.7 Å². The van der Waals surface area contributed by atoms with Crippen LogP contribution in [-0.2, 0) is 11.2 Å². The summed E-state index contributed by atoms with van der Waals surface area (Å²) >= 11 is 0. The molecule has 130 valence electrons. The molecule has 0 bridgehead atoms. The first-order valence-corrected chi connectivity index (χ1v) is 8.34. The summed E-state index contributed by atoms with van der Waals surface area (Å²) in [4.78, 5) is 11.9. The van der Waals surface area contributed by atoms with Gasteiger partial charge in [-0.05, 0) is 43.3 Å². The molecule has 0 saturated carbocycles. The van der Waals surface area contributed by atoms with E-state index in [2.05, 4.69) is 5.32 Å². The number of ether oxygens (including phenoxy) is 2. The van der Waals surface area contributed by atoms with Gasteiger partial charge in [0.05, 0.1) is 6.61 Å². The van der Waals surface area contributed by atoms with Crippen molar-refractivity contribution in [3.05, 3.63) is 60.4 Å². The first kappa shape index (κ1) is 16.9. The molecule has 25 heavy (non-hydrogen) atoms. The summed E-state index contributed by atoms with van der Waals surface area (Å²) in [6.07, 6.45) is 0.642. The first-order chi connectivity index (χ1) is 12.2. The molecule has 5 heteroatoms. The molecule has 0 atom stereocenters. The fourth-order valence-corrected chi connectivity index (χ4v) is 2.48. The smallest absolute Gasteiger partial charge is 0.257 e. The van der Waals surface area contributed by atoms with Crippen LogP contribution in [0.15, 0.2) is 59.0 Å². The van der Waals surface area contributed by atoms with E-state index < -0.39 is 0 Å². The minimum atomic E-state index is -0.162. The number of para-hydroxylation sites is 1. The molecule has 1 amide bonds. The highest BCUT2D eigenvalue weighted by Gasteiger charge is 2.06. The van der Waals surface area contributed by atoms with Crippen LogP contribution in [0.3, 0.4) is 0 Å². The Kier molecular flexibility index (Phi) is 5.57. The van der Waals surface area contributed by atoms with Crippen LogP contribution < -0.4 is 14.8 Å². The minimum absolute atomic E-state index is 0.0197. The number of hydrogen-bond acceptors (Lipinski definition) is 4. The highest BCUT2D eigenvalue weighted by atomic mass is 16.5. The van der Waals surface area contributed by atoms with Crippen molar-refractivity contribution in [2.75, 3.05) is 19.8 Å². The Morgan fingerprint density at radius 2 is 1.76 bits per heavy atom. The van der Waals surface area contributed by atoms with Gasteiger partial charge in [0, 0.05) is 18.4 Å². The van der Waals surface area contributed by atoms with Gasteiger partial charge in [-0.1, -0.05) is 18.2 Å². The predicted molar refractivity (Wildman–Crippen MR) is 96.0 cm³/mol. The van der Waals surface area contributed by atoms with Crippen LogP contribution in [0.25, 0.3) is 11.0 Å². The molecule has 1 N–H and O–H groups in total. The van der Waals surface area contributed by atoms with Gasteiger partial charge >= 0.3 is 0 Å². The maximum absolute atomic E-state index is 11.9. The molecule has 1 aromatic heterocycles. The predicted octanol–water partition coefficient (Wildman–Crippen LogP) is 3.57. The monoisotopic (exact) mass is 339 g/mol. The second-order valence-electron chi connectivity index (χ2n) is 5.54. The summed E-state index contributed by atoms with van der Waals surface area (Å²) < 4.78 is 16.5. The van der Waals surface area contributed by atoms with E-state index >= 15 is 0 Å². The summed E-state index contributed by atoms with van der Waals surface area (Å²) in [7, 11) is 0. The van der Waals surface area contributed by atoms with Gasteiger partial charge in [-0.3, -0.25) is 4.79 Å².